The van der Waals surface area contributed by atoms with Gasteiger partial charge in [0, 0.05) is 23.8 Å². The van der Waals surface area contributed by atoms with Crippen molar-refractivity contribution in [3.05, 3.63) is 29.8 Å². The van der Waals surface area contributed by atoms with Crippen LogP contribution >= 0.6 is 10.7 Å². The minimum absolute atomic E-state index is 0.0172. The molecule has 0 aromatic heterocycles. The highest BCUT2D eigenvalue weighted by Gasteiger charge is 2.39. The lowest BCUT2D eigenvalue weighted by Gasteiger charge is -2.28. The van der Waals surface area contributed by atoms with Crippen LogP contribution in [-0.4, -0.2) is 49.7 Å². The number of ether oxygens (including phenoxy) is 2. The maximum Gasteiger partial charge on any atom is 0.410 e. The molecule has 0 saturated carbocycles. The van der Waals surface area contributed by atoms with Crippen molar-refractivity contribution in [1.82, 2.24) is 4.90 Å². The number of benzene rings is 1. The van der Waals surface area contributed by atoms with E-state index in [0.29, 0.717) is 25.1 Å². The standard InChI is InChI=1S/C22H32ClNO6S/c1-21(2,3)29-19(25)18(13-15-8-7-9-17(12-15)31(23,27)28)16-10-11-24(14-16)20(26)30-22(4,5)6/h7-9,12,16,18H,10-11,13-14H2,1-6H3/t16-,18-/m0/s1. The topological polar surface area (TPSA) is 90.0 Å². The van der Waals surface area contributed by atoms with E-state index in [1.165, 1.54) is 12.1 Å². The Hall–Kier alpha value is -1.80. The zero-order valence-corrected chi connectivity index (χ0v) is 20.5. The molecule has 1 aromatic rings. The van der Waals surface area contributed by atoms with Crippen molar-refractivity contribution < 1.29 is 27.5 Å². The van der Waals surface area contributed by atoms with Crippen LogP contribution in [0.4, 0.5) is 4.79 Å². The molecule has 0 spiro atoms. The first-order valence-corrected chi connectivity index (χ1v) is 12.6. The summed E-state index contributed by atoms with van der Waals surface area (Å²) in [6.45, 7) is 11.7. The number of amides is 1. The van der Waals surface area contributed by atoms with Crippen LogP contribution in [0.15, 0.2) is 29.2 Å². The molecule has 1 aromatic carbocycles. The van der Waals surface area contributed by atoms with Crippen LogP contribution in [0.2, 0.25) is 0 Å². The lowest BCUT2D eigenvalue weighted by molar-refractivity contribution is -0.161. The summed E-state index contributed by atoms with van der Waals surface area (Å²) in [5, 5.41) is 0. The van der Waals surface area contributed by atoms with E-state index in [9.17, 15) is 18.0 Å². The lowest BCUT2D eigenvalue weighted by Crippen LogP contribution is -2.38. The molecule has 0 unspecified atom stereocenters. The van der Waals surface area contributed by atoms with Crippen LogP contribution in [0, 0.1) is 11.8 Å². The summed E-state index contributed by atoms with van der Waals surface area (Å²) in [7, 11) is 1.59. The van der Waals surface area contributed by atoms with Crippen molar-refractivity contribution in [1.29, 1.82) is 0 Å². The number of carbonyl (C=O) groups is 2. The van der Waals surface area contributed by atoms with Gasteiger partial charge in [0.2, 0.25) is 0 Å². The van der Waals surface area contributed by atoms with E-state index < -0.39 is 32.3 Å². The summed E-state index contributed by atoms with van der Waals surface area (Å²) in [6, 6.07) is 6.23. The number of hydrogen-bond donors (Lipinski definition) is 0. The molecule has 7 nitrogen and oxygen atoms in total. The molecule has 1 aliphatic rings. The zero-order chi connectivity index (χ0) is 23.6. The Labute approximate surface area is 189 Å². The predicted octanol–water partition coefficient (Wildman–Crippen LogP) is 4.37. The normalized spacial score (nSPS) is 18.5. The fourth-order valence-corrected chi connectivity index (χ4v) is 4.33. The molecule has 0 radical (unpaired) electrons. The van der Waals surface area contributed by atoms with E-state index in [0.717, 1.165) is 0 Å². The maximum atomic E-state index is 13.0. The predicted molar refractivity (Wildman–Crippen MR) is 118 cm³/mol. The molecule has 0 aliphatic carbocycles. The fraction of sp³-hybridized carbons (Fsp3) is 0.636. The smallest absolute Gasteiger partial charge is 0.410 e. The van der Waals surface area contributed by atoms with Crippen molar-refractivity contribution in [2.45, 2.75) is 70.5 Å². The van der Waals surface area contributed by atoms with E-state index in [4.69, 9.17) is 20.2 Å². The number of rotatable bonds is 5. The Balaban J connectivity index is 2.24. The van der Waals surface area contributed by atoms with Crippen LogP contribution in [0.25, 0.3) is 0 Å². The van der Waals surface area contributed by atoms with Gasteiger partial charge in [-0.2, -0.15) is 0 Å². The Bertz CT molecular complexity index is 917. The SMILES string of the molecule is CC(C)(C)OC(=O)[C@@H](Cc1cccc(S(=O)(=O)Cl)c1)[C@H]1CCN(C(=O)OC(C)(C)C)C1. The van der Waals surface area contributed by atoms with Gasteiger partial charge in [-0.25, -0.2) is 13.2 Å². The highest BCUT2D eigenvalue weighted by atomic mass is 35.7. The Morgan fingerprint density at radius 2 is 1.74 bits per heavy atom. The van der Waals surface area contributed by atoms with Gasteiger partial charge in [0.15, 0.2) is 0 Å². The second-order valence-corrected chi connectivity index (χ2v) is 12.5. The van der Waals surface area contributed by atoms with Crippen molar-refractivity contribution in [3.8, 4) is 0 Å². The van der Waals surface area contributed by atoms with E-state index in [1.54, 1.807) is 58.6 Å². The first kappa shape index (κ1) is 25.5. The van der Waals surface area contributed by atoms with E-state index in [1.807, 2.05) is 0 Å². The molecular weight excluding hydrogens is 442 g/mol. The third-order valence-corrected chi connectivity index (χ3v) is 6.14. The number of esters is 1. The van der Waals surface area contributed by atoms with Gasteiger partial charge in [-0.15, -0.1) is 0 Å². The third-order valence-electron chi connectivity index (χ3n) is 4.79. The molecule has 1 aliphatic heterocycles. The van der Waals surface area contributed by atoms with Crippen LogP contribution in [0.3, 0.4) is 0 Å². The van der Waals surface area contributed by atoms with Gasteiger partial charge < -0.3 is 14.4 Å². The van der Waals surface area contributed by atoms with Gasteiger partial charge in [-0.1, -0.05) is 12.1 Å². The fourth-order valence-electron chi connectivity index (χ4n) is 3.51. The molecule has 2 rings (SSSR count). The van der Waals surface area contributed by atoms with Crippen LogP contribution in [0.5, 0.6) is 0 Å². The van der Waals surface area contributed by atoms with E-state index in [2.05, 4.69) is 0 Å². The Morgan fingerprint density at radius 3 is 2.29 bits per heavy atom. The van der Waals surface area contributed by atoms with Crippen LogP contribution in [-0.2, 0) is 29.7 Å². The summed E-state index contributed by atoms with van der Waals surface area (Å²) in [5.74, 6) is -1.05. The van der Waals surface area contributed by atoms with E-state index in [-0.39, 0.29) is 23.2 Å². The molecule has 1 heterocycles. The van der Waals surface area contributed by atoms with Gasteiger partial charge in [0.05, 0.1) is 10.8 Å². The van der Waals surface area contributed by atoms with Crippen molar-refractivity contribution in [2.24, 2.45) is 11.8 Å². The van der Waals surface area contributed by atoms with Gasteiger partial charge in [-0.3, -0.25) is 4.79 Å². The number of likely N-dealkylation sites (tertiary alicyclic amines) is 1. The summed E-state index contributed by atoms with van der Waals surface area (Å²) >= 11 is 0. The van der Waals surface area contributed by atoms with E-state index >= 15 is 0 Å². The molecule has 31 heavy (non-hydrogen) atoms. The molecular formula is C22H32ClNO6S. The maximum absolute atomic E-state index is 13.0. The Kier molecular flexibility index (Phi) is 7.69. The zero-order valence-electron chi connectivity index (χ0n) is 19.0. The minimum atomic E-state index is -3.88. The minimum Gasteiger partial charge on any atom is -0.460 e. The van der Waals surface area contributed by atoms with Crippen molar-refractivity contribution in [2.75, 3.05) is 13.1 Å². The molecule has 1 amide bonds. The number of carbonyl (C=O) groups excluding carboxylic acids is 2. The average Bonchev–Trinajstić information content (AvgIpc) is 3.06. The largest absolute Gasteiger partial charge is 0.460 e. The molecule has 9 heteroatoms. The van der Waals surface area contributed by atoms with Gasteiger partial charge in [-0.05, 0) is 78.0 Å². The van der Waals surface area contributed by atoms with Crippen LogP contribution < -0.4 is 0 Å². The highest BCUT2D eigenvalue weighted by molar-refractivity contribution is 8.13. The lowest BCUT2D eigenvalue weighted by atomic mass is 9.86. The molecule has 0 N–H and O–H groups in total. The number of nitrogens with zero attached hydrogens (tertiary/aromatic N) is 1. The molecule has 1 fully saturated rings. The number of halogens is 1. The monoisotopic (exact) mass is 473 g/mol. The van der Waals surface area contributed by atoms with Crippen molar-refractivity contribution >= 4 is 31.8 Å². The third kappa shape index (κ3) is 8.00. The number of hydrogen-bond acceptors (Lipinski definition) is 6. The Morgan fingerprint density at radius 1 is 1.13 bits per heavy atom. The first-order chi connectivity index (χ1) is 14.0. The average molecular weight is 474 g/mol. The van der Waals surface area contributed by atoms with Gasteiger partial charge in [0.25, 0.3) is 9.05 Å². The van der Waals surface area contributed by atoms with Gasteiger partial charge >= 0.3 is 12.1 Å². The van der Waals surface area contributed by atoms with Crippen molar-refractivity contribution in [3.63, 3.8) is 0 Å². The molecule has 1 saturated heterocycles. The second kappa shape index (κ2) is 9.36. The first-order valence-electron chi connectivity index (χ1n) is 10.3. The summed E-state index contributed by atoms with van der Waals surface area (Å²) in [5.41, 5.74) is -0.610. The second-order valence-electron chi connectivity index (χ2n) is 9.90. The summed E-state index contributed by atoms with van der Waals surface area (Å²) < 4.78 is 34.5. The molecule has 2 atom stereocenters. The molecule has 0 bridgehead atoms. The van der Waals surface area contributed by atoms with Gasteiger partial charge in [0.1, 0.15) is 11.2 Å². The molecule has 174 valence electrons. The highest BCUT2D eigenvalue weighted by Crippen LogP contribution is 2.31. The summed E-state index contributed by atoms with van der Waals surface area (Å²) in [6.07, 6.45) is 0.492. The van der Waals surface area contributed by atoms with Crippen LogP contribution in [0.1, 0.15) is 53.5 Å². The summed E-state index contributed by atoms with van der Waals surface area (Å²) in [4.78, 5) is 27.1. The quantitative estimate of drug-likeness (QED) is 0.466.